The van der Waals surface area contributed by atoms with Crippen molar-refractivity contribution in [2.75, 3.05) is 0 Å². The van der Waals surface area contributed by atoms with E-state index >= 15 is 0 Å². The quantitative estimate of drug-likeness (QED) is 0.0203. The molecule has 5 aliphatic rings. The Bertz CT molecular complexity index is 4670. The number of rotatable bonds is 42. The molecule has 5 atom stereocenters. The topological polar surface area (TPSA) is 151 Å². The molecule has 4 aliphatic heterocycles. The molecule has 115 heavy (non-hydrogen) atoms. The van der Waals surface area contributed by atoms with Gasteiger partial charge < -0.3 is 37.3 Å². The van der Waals surface area contributed by atoms with Crippen LogP contribution in [0.2, 0.25) is 12.6 Å². The van der Waals surface area contributed by atoms with E-state index in [1.165, 1.54) is 161 Å². The summed E-state index contributed by atoms with van der Waals surface area (Å²) in [4.78, 5) is 32.2. The summed E-state index contributed by atoms with van der Waals surface area (Å²) in [6.07, 6.45) is 48.2. The first kappa shape index (κ1) is 81.1. The van der Waals surface area contributed by atoms with E-state index in [0.29, 0.717) is 73.6 Å². The van der Waals surface area contributed by atoms with Crippen molar-refractivity contribution in [2.24, 2.45) is 0 Å². The zero-order valence-electron chi connectivity index (χ0n) is 69.6. The molecule has 15 heteroatoms. The van der Waals surface area contributed by atoms with E-state index in [0.717, 1.165) is 152 Å². The molecule has 0 fully saturated rings. The fourth-order valence-electron chi connectivity index (χ4n) is 18.6. The summed E-state index contributed by atoms with van der Waals surface area (Å²) < 4.78 is 61.4. The van der Waals surface area contributed by atoms with Crippen molar-refractivity contribution in [3.8, 4) is 81.3 Å². The van der Waals surface area contributed by atoms with Crippen LogP contribution < -0.4 is 37.3 Å². The van der Waals surface area contributed by atoms with Gasteiger partial charge in [-0.2, -0.15) is 0 Å². The van der Waals surface area contributed by atoms with E-state index in [9.17, 15) is 0 Å². The van der Waals surface area contributed by atoms with E-state index < -0.39 is 8.56 Å². The maximum atomic E-state index is 7.85. The van der Waals surface area contributed by atoms with Gasteiger partial charge in [-0.05, 0) is 86.3 Å². The van der Waals surface area contributed by atoms with Gasteiger partial charge >= 0.3 is 8.56 Å². The van der Waals surface area contributed by atoms with Crippen molar-refractivity contribution in [2.45, 2.75) is 321 Å². The third kappa shape index (κ3) is 19.6. The molecule has 1 aliphatic carbocycles. The fourth-order valence-corrected chi connectivity index (χ4v) is 20.6. The zero-order valence-corrected chi connectivity index (χ0v) is 70.6. The largest absolute Gasteiger partial charge is 0.511 e. The lowest BCUT2D eigenvalue weighted by Crippen LogP contribution is -2.46. The predicted octanol–water partition coefficient (Wildman–Crippen LogP) is 30.8. The molecule has 8 bridgehead atoms. The Morgan fingerprint density at radius 3 is 0.643 bits per heavy atom. The summed E-state index contributed by atoms with van der Waals surface area (Å²) in [5.74, 6) is 5.52. The lowest BCUT2D eigenvalue weighted by atomic mass is 9.76. The third-order valence-electron chi connectivity index (χ3n) is 24.9. The Morgan fingerprint density at radius 2 is 0.443 bits per heavy atom. The number of allylic oxidation sites excluding steroid dienone is 1. The van der Waals surface area contributed by atoms with Crippen LogP contribution >= 0.6 is 0 Å². The molecule has 3 aromatic heterocycles. The number of ether oxygens (including phenoxy) is 6. The number of unbranched alkanes of at least 4 members (excludes halogenated alkanes) is 32. The number of benzene rings is 7. The number of hydrogen-bond acceptors (Lipinski definition) is 14. The van der Waals surface area contributed by atoms with Crippen molar-refractivity contribution in [3.05, 3.63) is 178 Å². The summed E-state index contributed by atoms with van der Waals surface area (Å²) in [6.45, 7) is 15.8. The highest BCUT2D eigenvalue weighted by atomic mass is 28.4. The van der Waals surface area contributed by atoms with Gasteiger partial charge in [0, 0.05) is 105 Å². The van der Waals surface area contributed by atoms with Gasteiger partial charge in [-0.25, -0.2) is 29.9 Å². The summed E-state index contributed by atoms with van der Waals surface area (Å²) in [7, 11) is -3.39. The number of hydrogen-bond donors (Lipinski definition) is 0. The van der Waals surface area contributed by atoms with Gasteiger partial charge in [0.15, 0.2) is 0 Å². The van der Waals surface area contributed by atoms with Gasteiger partial charge in [0.25, 0.3) is 35.3 Å². The molecule has 7 aromatic carbocycles. The Morgan fingerprint density at radius 1 is 0.261 bits per heavy atom. The van der Waals surface area contributed by atoms with Gasteiger partial charge in [0.2, 0.25) is 0 Å². The van der Waals surface area contributed by atoms with Gasteiger partial charge in [0.1, 0.15) is 46.0 Å². The molecule has 0 N–H and O–H groups in total. The molecule has 0 amide bonds. The Kier molecular flexibility index (Phi) is 28.0. The van der Waals surface area contributed by atoms with E-state index in [1.54, 1.807) is 0 Å². The summed E-state index contributed by atoms with van der Waals surface area (Å²) in [5.41, 5.74) is 12.4. The first-order valence-electron chi connectivity index (χ1n) is 45.2. The summed E-state index contributed by atoms with van der Waals surface area (Å²) in [5, 5.41) is 0. The SMILES string of the molecule is C=CC[Si]1(C)Oc2cc3c4cc2C(CCCCCCCCCCC)c2cc5c(cc2O1)Oc1nc2ccccc2nc1Oc1cc2c(cc1[C@@H]5CCCCCCCCCCC)C(CCCCCCCCCCC)c1cc(c(cc1Oc1nc5ccccc5nc1O2)Oc1nc2ccccc2nc1O3)[C@H]4CCCCCCCCCCC. The fraction of sp³-hybridized carbons (Fsp3) is 0.500. The van der Waals surface area contributed by atoms with Crippen LogP contribution in [-0.4, -0.2) is 38.5 Å². The van der Waals surface area contributed by atoms with E-state index in [4.69, 9.17) is 67.2 Å². The van der Waals surface area contributed by atoms with E-state index in [2.05, 4.69) is 89.4 Å². The van der Waals surface area contributed by atoms with Crippen LogP contribution in [0.4, 0.5) is 0 Å². The second-order valence-corrected chi connectivity index (χ2v) is 36.9. The van der Waals surface area contributed by atoms with Crippen LogP contribution in [0.1, 0.15) is 353 Å². The molecule has 0 spiro atoms. The van der Waals surface area contributed by atoms with Gasteiger partial charge in [0.05, 0.1) is 33.1 Å². The number of fused-ring (bicyclic) bond motifs is 6. The molecule has 0 saturated carbocycles. The monoisotopic (exact) mass is 1560 g/mol. The summed E-state index contributed by atoms with van der Waals surface area (Å²) in [6, 6.07) is 43.0. The van der Waals surface area contributed by atoms with Gasteiger partial charge in [-0.3, -0.25) is 0 Å². The Balaban J connectivity index is 1.03. The molecule has 14 nitrogen and oxygen atoms in total. The molecule has 10 aromatic rings. The maximum Gasteiger partial charge on any atom is 0.461 e. The van der Waals surface area contributed by atoms with Gasteiger partial charge in [-0.1, -0.05) is 301 Å². The first-order chi connectivity index (χ1) is 56.7. The molecule has 3 unspecified atom stereocenters. The standard InChI is InChI=1S/C100H124N6O8Si/c1-7-12-16-20-24-28-32-36-40-50-69-73-61-75-70(51-41-37-33-29-25-21-17-13-8-2)77-63-79-72(53-43-39-35-31-27-23-19-15-10-4)80-64-78-71(52-42-38-34-30-26-22-18-14-9-3)76-62-74(69)88-66-90(76)110-98-100(106-86-59-49-47-57-84(86)104-98)112-92(78)68-94(80)114-115(6,60-11-5)113-93(79)67-91(77)111-99-97(103-83-56-46-48-58-85(83)105-99)109-89(75)65-87(73)107-95-96(108-88)102-82-55-45-44-54-81(82)101-95/h11,44-49,54-59,61-72H,5,7-10,12-43,50-53,60H2,1-4,6H3/t69?,70-,71+,72?,115?. The average Bonchev–Trinajstić information content (AvgIpc) is 1.20. The summed E-state index contributed by atoms with van der Waals surface area (Å²) >= 11 is 0. The van der Waals surface area contributed by atoms with Crippen molar-refractivity contribution in [1.29, 1.82) is 0 Å². The highest BCUT2D eigenvalue weighted by molar-refractivity contribution is 6.68. The van der Waals surface area contributed by atoms with Crippen molar-refractivity contribution >= 4 is 41.7 Å². The van der Waals surface area contributed by atoms with Crippen molar-refractivity contribution in [1.82, 2.24) is 29.9 Å². The highest BCUT2D eigenvalue weighted by Crippen LogP contribution is 2.59. The highest BCUT2D eigenvalue weighted by Gasteiger charge is 2.44. The Hall–Kier alpha value is -9.08. The van der Waals surface area contributed by atoms with Crippen molar-refractivity contribution < 1.29 is 37.3 Å². The van der Waals surface area contributed by atoms with E-state index in [1.807, 2.05) is 78.9 Å². The van der Waals surface area contributed by atoms with Crippen LogP contribution in [0.25, 0.3) is 33.1 Å². The number of nitrogens with zero attached hydrogens (tertiary/aromatic N) is 6. The molecule has 606 valence electrons. The van der Waals surface area contributed by atoms with E-state index in [-0.39, 0.29) is 59.0 Å². The van der Waals surface area contributed by atoms with Crippen LogP contribution in [0.5, 0.6) is 81.3 Å². The van der Waals surface area contributed by atoms with Crippen LogP contribution in [-0.2, 0) is 0 Å². The molecular formula is C100H124N6O8Si. The molecule has 15 rings (SSSR count). The lowest BCUT2D eigenvalue weighted by molar-refractivity contribution is 0.366. The minimum absolute atomic E-state index is 0.220. The second kappa shape index (κ2) is 39.7. The smallest absolute Gasteiger partial charge is 0.461 e. The molecule has 0 saturated heterocycles. The zero-order chi connectivity index (χ0) is 78.7. The first-order valence-corrected chi connectivity index (χ1v) is 47.8. The van der Waals surface area contributed by atoms with Crippen LogP contribution in [0, 0.1) is 0 Å². The molecule has 0 radical (unpaired) electrons. The number of aromatic nitrogens is 6. The van der Waals surface area contributed by atoms with Crippen LogP contribution in [0.15, 0.2) is 134 Å². The second-order valence-electron chi connectivity index (χ2n) is 33.8. The minimum atomic E-state index is -3.39. The average molecular weight is 1570 g/mol. The minimum Gasteiger partial charge on any atom is -0.511 e. The normalized spacial score (nSPS) is 17.2. The van der Waals surface area contributed by atoms with Crippen molar-refractivity contribution in [3.63, 3.8) is 0 Å². The third-order valence-corrected chi connectivity index (χ3v) is 27.2. The maximum absolute atomic E-state index is 7.85. The molecule has 7 heterocycles. The predicted molar refractivity (Wildman–Crippen MR) is 467 cm³/mol. The number of para-hydroxylation sites is 6. The lowest BCUT2D eigenvalue weighted by Gasteiger charge is -2.37. The Labute approximate surface area is 685 Å². The molecular weight excluding hydrogens is 1440 g/mol. The van der Waals surface area contributed by atoms with Crippen LogP contribution in [0.3, 0.4) is 0 Å². The van der Waals surface area contributed by atoms with Gasteiger partial charge in [-0.15, -0.1) is 6.58 Å².